The molecule has 1 aromatic heterocycles. The summed E-state index contributed by atoms with van der Waals surface area (Å²) in [4.78, 5) is 6.19. The Morgan fingerprint density at radius 1 is 1.26 bits per heavy atom. The summed E-state index contributed by atoms with van der Waals surface area (Å²) < 4.78 is 38.4. The van der Waals surface area contributed by atoms with Crippen LogP contribution in [0.4, 0.5) is 13.2 Å². The quantitative estimate of drug-likeness (QED) is 0.896. The van der Waals surface area contributed by atoms with E-state index < -0.39 is 17.3 Å². The van der Waals surface area contributed by atoms with Crippen molar-refractivity contribution in [1.29, 1.82) is 0 Å². The molecule has 0 aliphatic rings. The number of aryl methyl sites for hydroxylation is 1. The molecule has 0 aliphatic heterocycles. The summed E-state index contributed by atoms with van der Waals surface area (Å²) in [7, 11) is 1.80. The highest BCUT2D eigenvalue weighted by molar-refractivity contribution is 7.09. The molecule has 0 radical (unpaired) electrons. The summed E-state index contributed by atoms with van der Waals surface area (Å²) in [5, 5.41) is 13.4. The average molecular weight is 344 g/mol. The molecule has 0 aliphatic carbocycles. The lowest BCUT2D eigenvalue weighted by Crippen LogP contribution is -2.36. The van der Waals surface area contributed by atoms with E-state index in [-0.39, 0.29) is 12.1 Å². The molecule has 3 nitrogen and oxygen atoms in total. The Morgan fingerprint density at radius 2 is 1.91 bits per heavy atom. The number of aliphatic hydroxyl groups is 1. The molecule has 1 heterocycles. The van der Waals surface area contributed by atoms with Crippen LogP contribution in [0.3, 0.4) is 0 Å². The third kappa shape index (κ3) is 4.76. The molecule has 1 atom stereocenters. The Morgan fingerprint density at radius 3 is 2.48 bits per heavy atom. The van der Waals surface area contributed by atoms with Gasteiger partial charge in [-0.15, -0.1) is 11.3 Å². The van der Waals surface area contributed by atoms with Crippen LogP contribution in [0.1, 0.15) is 28.8 Å². The molecule has 23 heavy (non-hydrogen) atoms. The first-order valence-corrected chi connectivity index (χ1v) is 7.95. The fourth-order valence-corrected chi connectivity index (χ4v) is 3.26. The lowest BCUT2D eigenvalue weighted by molar-refractivity contribution is -0.137. The minimum Gasteiger partial charge on any atom is -0.384 e. The van der Waals surface area contributed by atoms with Gasteiger partial charge >= 0.3 is 6.18 Å². The van der Waals surface area contributed by atoms with E-state index in [0.29, 0.717) is 6.54 Å². The first kappa shape index (κ1) is 17.9. The van der Waals surface area contributed by atoms with Crippen LogP contribution in [0, 0.1) is 6.92 Å². The van der Waals surface area contributed by atoms with Crippen molar-refractivity contribution in [3.05, 3.63) is 51.5 Å². The summed E-state index contributed by atoms with van der Waals surface area (Å²) in [6.45, 7) is 4.16. The normalized spacial score (nSPS) is 15.0. The van der Waals surface area contributed by atoms with Gasteiger partial charge in [-0.1, -0.05) is 12.1 Å². The summed E-state index contributed by atoms with van der Waals surface area (Å²) >= 11 is 1.52. The Kier molecular flexibility index (Phi) is 5.13. The zero-order chi connectivity index (χ0) is 17.3. The number of likely N-dealkylation sites (N-methyl/N-ethyl adjacent to an activating group) is 1. The highest BCUT2D eigenvalue weighted by Gasteiger charge is 2.33. The molecule has 0 amide bonds. The van der Waals surface area contributed by atoms with Gasteiger partial charge in [0.1, 0.15) is 5.01 Å². The van der Waals surface area contributed by atoms with Gasteiger partial charge in [-0.05, 0) is 38.6 Å². The number of rotatable bonds is 5. The maximum Gasteiger partial charge on any atom is 0.416 e. The number of benzene rings is 1. The van der Waals surface area contributed by atoms with E-state index in [1.165, 1.54) is 30.4 Å². The van der Waals surface area contributed by atoms with Crippen LogP contribution in [0.25, 0.3) is 0 Å². The minimum atomic E-state index is -4.42. The van der Waals surface area contributed by atoms with Gasteiger partial charge in [0, 0.05) is 17.6 Å². The topological polar surface area (TPSA) is 36.4 Å². The Balaban J connectivity index is 2.11. The SMILES string of the molecule is Cc1csc(CN(C)CC(C)(O)c2cccc(C(F)(F)F)c2)n1. The first-order valence-electron chi connectivity index (χ1n) is 7.07. The fraction of sp³-hybridized carbons (Fsp3) is 0.438. The molecule has 0 saturated heterocycles. The van der Waals surface area contributed by atoms with Crippen molar-refractivity contribution in [1.82, 2.24) is 9.88 Å². The largest absolute Gasteiger partial charge is 0.416 e. The van der Waals surface area contributed by atoms with Crippen molar-refractivity contribution in [3.8, 4) is 0 Å². The van der Waals surface area contributed by atoms with E-state index in [1.54, 1.807) is 7.05 Å². The average Bonchev–Trinajstić information content (AvgIpc) is 2.82. The van der Waals surface area contributed by atoms with E-state index in [0.717, 1.165) is 22.8 Å². The number of aromatic nitrogens is 1. The van der Waals surface area contributed by atoms with Crippen LogP contribution in [0.5, 0.6) is 0 Å². The van der Waals surface area contributed by atoms with Crippen molar-refractivity contribution < 1.29 is 18.3 Å². The van der Waals surface area contributed by atoms with Gasteiger partial charge in [-0.2, -0.15) is 13.2 Å². The molecule has 2 rings (SSSR count). The molecule has 0 bridgehead atoms. The van der Waals surface area contributed by atoms with Crippen LogP contribution < -0.4 is 0 Å². The predicted octanol–water partition coefficient (Wildman–Crippen LogP) is 3.81. The number of hydrogen-bond acceptors (Lipinski definition) is 4. The van der Waals surface area contributed by atoms with E-state index in [4.69, 9.17) is 0 Å². The van der Waals surface area contributed by atoms with E-state index in [2.05, 4.69) is 4.98 Å². The number of thiazole rings is 1. The highest BCUT2D eigenvalue weighted by atomic mass is 32.1. The number of halogens is 3. The second kappa shape index (κ2) is 6.59. The van der Waals surface area contributed by atoms with E-state index in [9.17, 15) is 18.3 Å². The molecule has 1 N–H and O–H groups in total. The number of nitrogens with zero attached hydrogens (tertiary/aromatic N) is 2. The number of hydrogen-bond donors (Lipinski definition) is 1. The highest BCUT2D eigenvalue weighted by Crippen LogP contribution is 2.32. The van der Waals surface area contributed by atoms with Gasteiger partial charge in [0.2, 0.25) is 0 Å². The first-order chi connectivity index (χ1) is 10.6. The molecule has 1 unspecified atom stereocenters. The third-order valence-corrected chi connectivity index (χ3v) is 4.41. The summed E-state index contributed by atoms with van der Waals surface area (Å²) in [5.74, 6) is 0. The molecule has 0 saturated carbocycles. The van der Waals surface area contributed by atoms with Crippen molar-refractivity contribution >= 4 is 11.3 Å². The van der Waals surface area contributed by atoms with Crippen LogP contribution in [0.2, 0.25) is 0 Å². The van der Waals surface area contributed by atoms with Gasteiger partial charge in [0.05, 0.1) is 17.7 Å². The second-order valence-corrected chi connectivity index (χ2v) is 6.85. The summed E-state index contributed by atoms with van der Waals surface area (Å²) in [5.41, 5.74) is -0.964. The third-order valence-electron chi connectivity index (χ3n) is 3.46. The predicted molar refractivity (Wildman–Crippen MR) is 84.2 cm³/mol. The summed E-state index contributed by atoms with van der Waals surface area (Å²) in [6.07, 6.45) is -4.42. The molecule has 0 spiro atoms. The van der Waals surface area contributed by atoms with Gasteiger partial charge in [-0.25, -0.2) is 4.98 Å². The fourth-order valence-electron chi connectivity index (χ4n) is 2.41. The van der Waals surface area contributed by atoms with Crippen LogP contribution in [0.15, 0.2) is 29.6 Å². The van der Waals surface area contributed by atoms with E-state index >= 15 is 0 Å². The number of alkyl halides is 3. The summed E-state index contributed by atoms with van der Waals surface area (Å²) in [6, 6.07) is 4.83. The zero-order valence-corrected chi connectivity index (χ0v) is 14.0. The van der Waals surface area contributed by atoms with Crippen molar-refractivity contribution in [2.45, 2.75) is 32.2 Å². The van der Waals surface area contributed by atoms with Gasteiger partial charge in [-0.3, -0.25) is 4.90 Å². The molecule has 7 heteroatoms. The Bertz CT molecular complexity index is 667. The molecule has 2 aromatic rings. The monoisotopic (exact) mass is 344 g/mol. The van der Waals surface area contributed by atoms with Gasteiger partial charge in [0.15, 0.2) is 0 Å². The molecular weight excluding hydrogens is 325 g/mol. The van der Waals surface area contributed by atoms with Crippen LogP contribution >= 0.6 is 11.3 Å². The standard InChI is InChI=1S/C16H19F3N2OS/c1-11-9-23-14(20-11)8-21(3)10-15(2,22)12-5-4-6-13(7-12)16(17,18)19/h4-7,9,22H,8,10H2,1-3H3. The maximum atomic E-state index is 12.8. The lowest BCUT2D eigenvalue weighted by Gasteiger charge is -2.29. The molecule has 126 valence electrons. The van der Waals surface area contributed by atoms with Crippen molar-refractivity contribution in [3.63, 3.8) is 0 Å². The van der Waals surface area contributed by atoms with Gasteiger partial charge < -0.3 is 5.11 Å². The van der Waals surface area contributed by atoms with Crippen LogP contribution in [-0.2, 0) is 18.3 Å². The zero-order valence-electron chi connectivity index (χ0n) is 13.2. The molecular formula is C16H19F3N2OS. The molecule has 1 aromatic carbocycles. The van der Waals surface area contributed by atoms with Gasteiger partial charge in [0.25, 0.3) is 0 Å². The Labute approximate surface area is 137 Å². The van der Waals surface area contributed by atoms with Crippen molar-refractivity contribution in [2.75, 3.05) is 13.6 Å². The van der Waals surface area contributed by atoms with Crippen molar-refractivity contribution in [2.24, 2.45) is 0 Å². The molecule has 0 fully saturated rings. The Hall–Kier alpha value is -1.44. The van der Waals surface area contributed by atoms with E-state index in [1.807, 2.05) is 17.2 Å². The lowest BCUT2D eigenvalue weighted by atomic mass is 9.93. The van der Waals surface area contributed by atoms with Crippen LogP contribution in [-0.4, -0.2) is 28.6 Å². The second-order valence-electron chi connectivity index (χ2n) is 5.91. The minimum absolute atomic E-state index is 0.201. The smallest absolute Gasteiger partial charge is 0.384 e. The maximum absolute atomic E-state index is 12.8.